The highest BCUT2D eigenvalue weighted by molar-refractivity contribution is 7.10. The van der Waals surface area contributed by atoms with E-state index in [2.05, 4.69) is 6.92 Å². The third kappa shape index (κ3) is 2.79. The molecule has 19 heavy (non-hydrogen) atoms. The summed E-state index contributed by atoms with van der Waals surface area (Å²) in [6, 6.07) is 9.70. The van der Waals surface area contributed by atoms with E-state index in [1.165, 1.54) is 7.11 Å². The van der Waals surface area contributed by atoms with Crippen molar-refractivity contribution in [2.24, 2.45) is 0 Å². The first-order valence-electron chi connectivity index (χ1n) is 5.97. The SMILES string of the molecule is COC(=O)c1ccsc1C(C)c1ccc(OC)cc1. The number of thiophene rings is 1. The van der Waals surface area contributed by atoms with Crippen molar-refractivity contribution in [3.63, 3.8) is 0 Å². The molecule has 1 atom stereocenters. The molecule has 0 saturated heterocycles. The van der Waals surface area contributed by atoms with Crippen molar-refractivity contribution in [2.45, 2.75) is 12.8 Å². The van der Waals surface area contributed by atoms with Gasteiger partial charge in [0.2, 0.25) is 0 Å². The molecular weight excluding hydrogens is 260 g/mol. The molecule has 0 aliphatic heterocycles. The number of methoxy groups -OCH3 is 2. The lowest BCUT2D eigenvalue weighted by molar-refractivity contribution is 0.0600. The second kappa shape index (κ2) is 5.89. The van der Waals surface area contributed by atoms with Gasteiger partial charge in [-0.25, -0.2) is 4.79 Å². The van der Waals surface area contributed by atoms with Crippen LogP contribution in [-0.4, -0.2) is 20.2 Å². The summed E-state index contributed by atoms with van der Waals surface area (Å²) in [5.41, 5.74) is 1.80. The largest absolute Gasteiger partial charge is 0.497 e. The van der Waals surface area contributed by atoms with Crippen molar-refractivity contribution in [1.82, 2.24) is 0 Å². The average Bonchev–Trinajstić information content (AvgIpc) is 2.95. The Balaban J connectivity index is 2.30. The molecule has 1 heterocycles. The van der Waals surface area contributed by atoms with E-state index in [0.29, 0.717) is 5.56 Å². The highest BCUT2D eigenvalue weighted by atomic mass is 32.1. The average molecular weight is 276 g/mol. The lowest BCUT2D eigenvalue weighted by Gasteiger charge is -2.12. The van der Waals surface area contributed by atoms with Gasteiger partial charge in [0.15, 0.2) is 0 Å². The van der Waals surface area contributed by atoms with Gasteiger partial charge in [0.05, 0.1) is 19.8 Å². The van der Waals surface area contributed by atoms with Crippen LogP contribution in [-0.2, 0) is 4.74 Å². The van der Waals surface area contributed by atoms with Crippen molar-refractivity contribution in [3.05, 3.63) is 51.7 Å². The molecule has 2 aromatic rings. The maximum Gasteiger partial charge on any atom is 0.339 e. The standard InChI is InChI=1S/C15H16O3S/c1-10(11-4-6-12(17-2)7-5-11)14-13(8-9-19-14)15(16)18-3/h4-10H,1-3H3. The van der Waals surface area contributed by atoms with Gasteiger partial charge in [-0.15, -0.1) is 11.3 Å². The van der Waals surface area contributed by atoms with Crippen LogP contribution in [0.2, 0.25) is 0 Å². The first-order chi connectivity index (χ1) is 9.17. The predicted molar refractivity (Wildman–Crippen MR) is 76.2 cm³/mol. The number of rotatable bonds is 4. The number of hydrogen-bond donors (Lipinski definition) is 0. The summed E-state index contributed by atoms with van der Waals surface area (Å²) in [6.07, 6.45) is 0. The van der Waals surface area contributed by atoms with Crippen molar-refractivity contribution in [3.8, 4) is 5.75 Å². The third-order valence-electron chi connectivity index (χ3n) is 3.11. The predicted octanol–water partition coefficient (Wildman–Crippen LogP) is 3.70. The topological polar surface area (TPSA) is 35.5 Å². The molecule has 0 fully saturated rings. The zero-order valence-electron chi connectivity index (χ0n) is 11.2. The molecule has 1 aromatic carbocycles. The van der Waals surface area contributed by atoms with E-state index in [9.17, 15) is 4.79 Å². The van der Waals surface area contributed by atoms with Crippen molar-refractivity contribution >= 4 is 17.3 Å². The number of esters is 1. The fourth-order valence-corrected chi connectivity index (χ4v) is 2.95. The normalized spacial score (nSPS) is 11.9. The van der Waals surface area contributed by atoms with Gasteiger partial charge in [-0.2, -0.15) is 0 Å². The van der Waals surface area contributed by atoms with Gasteiger partial charge in [0, 0.05) is 10.8 Å². The van der Waals surface area contributed by atoms with E-state index in [0.717, 1.165) is 16.2 Å². The summed E-state index contributed by atoms with van der Waals surface area (Å²) in [5.74, 6) is 0.701. The van der Waals surface area contributed by atoms with Crippen LogP contribution >= 0.6 is 11.3 Å². The first kappa shape index (κ1) is 13.6. The molecule has 1 unspecified atom stereocenters. The molecule has 0 bridgehead atoms. The molecule has 0 radical (unpaired) electrons. The minimum atomic E-state index is -0.281. The summed E-state index contributed by atoms with van der Waals surface area (Å²) < 4.78 is 9.95. The zero-order valence-corrected chi connectivity index (χ0v) is 12.0. The van der Waals surface area contributed by atoms with Crippen molar-refractivity contribution < 1.29 is 14.3 Å². The van der Waals surface area contributed by atoms with Gasteiger partial charge in [-0.05, 0) is 29.1 Å². The maximum absolute atomic E-state index is 11.7. The second-order valence-electron chi connectivity index (χ2n) is 4.18. The fraction of sp³-hybridized carbons (Fsp3) is 0.267. The zero-order chi connectivity index (χ0) is 13.8. The Morgan fingerprint density at radius 1 is 1.16 bits per heavy atom. The van der Waals surface area contributed by atoms with E-state index >= 15 is 0 Å². The Morgan fingerprint density at radius 2 is 1.84 bits per heavy atom. The molecule has 0 amide bonds. The molecular formula is C15H16O3S. The van der Waals surface area contributed by atoms with Crippen LogP contribution in [0.4, 0.5) is 0 Å². The lowest BCUT2D eigenvalue weighted by atomic mass is 9.97. The third-order valence-corrected chi connectivity index (χ3v) is 4.21. The van der Waals surface area contributed by atoms with E-state index < -0.39 is 0 Å². The van der Waals surface area contributed by atoms with Gasteiger partial charge in [-0.3, -0.25) is 0 Å². The van der Waals surface area contributed by atoms with E-state index in [1.807, 2.05) is 35.7 Å². The molecule has 0 aliphatic carbocycles. The molecule has 0 saturated carbocycles. The molecule has 2 rings (SSSR count). The van der Waals surface area contributed by atoms with E-state index in [-0.39, 0.29) is 11.9 Å². The second-order valence-corrected chi connectivity index (χ2v) is 5.13. The molecule has 0 spiro atoms. The summed E-state index contributed by atoms with van der Waals surface area (Å²) in [4.78, 5) is 12.7. The fourth-order valence-electron chi connectivity index (χ4n) is 1.98. The van der Waals surface area contributed by atoms with Gasteiger partial charge < -0.3 is 9.47 Å². The van der Waals surface area contributed by atoms with E-state index in [1.54, 1.807) is 18.4 Å². The number of hydrogen-bond acceptors (Lipinski definition) is 4. The number of ether oxygens (including phenoxy) is 2. The summed E-state index contributed by atoms with van der Waals surface area (Å²) in [5, 5.41) is 1.92. The molecule has 100 valence electrons. The Morgan fingerprint density at radius 3 is 2.42 bits per heavy atom. The minimum Gasteiger partial charge on any atom is -0.497 e. The Bertz CT molecular complexity index is 557. The molecule has 0 aliphatic rings. The van der Waals surface area contributed by atoms with Crippen LogP contribution in [0.25, 0.3) is 0 Å². The van der Waals surface area contributed by atoms with Gasteiger partial charge >= 0.3 is 5.97 Å². The molecule has 3 nitrogen and oxygen atoms in total. The van der Waals surface area contributed by atoms with E-state index in [4.69, 9.17) is 9.47 Å². The minimum absolute atomic E-state index is 0.153. The lowest BCUT2D eigenvalue weighted by Crippen LogP contribution is -2.05. The van der Waals surface area contributed by atoms with Crippen molar-refractivity contribution in [2.75, 3.05) is 14.2 Å². The van der Waals surface area contributed by atoms with Gasteiger partial charge in [0.1, 0.15) is 5.75 Å². The summed E-state index contributed by atoms with van der Waals surface area (Å²) >= 11 is 1.57. The van der Waals surface area contributed by atoms with Crippen LogP contribution in [0.5, 0.6) is 5.75 Å². The highest BCUT2D eigenvalue weighted by Crippen LogP contribution is 2.32. The van der Waals surface area contributed by atoms with Crippen LogP contribution in [0, 0.1) is 0 Å². The van der Waals surface area contributed by atoms with Crippen molar-refractivity contribution in [1.29, 1.82) is 0 Å². The van der Waals surface area contributed by atoms with Crippen LogP contribution < -0.4 is 4.74 Å². The highest BCUT2D eigenvalue weighted by Gasteiger charge is 2.19. The number of carbonyl (C=O) groups excluding carboxylic acids is 1. The Labute approximate surface area is 116 Å². The Hall–Kier alpha value is -1.81. The molecule has 0 N–H and O–H groups in total. The quantitative estimate of drug-likeness (QED) is 0.799. The van der Waals surface area contributed by atoms with Crippen LogP contribution in [0.1, 0.15) is 33.6 Å². The van der Waals surface area contributed by atoms with Crippen LogP contribution in [0.3, 0.4) is 0 Å². The van der Waals surface area contributed by atoms with Crippen LogP contribution in [0.15, 0.2) is 35.7 Å². The molecule has 4 heteroatoms. The smallest absolute Gasteiger partial charge is 0.339 e. The molecule has 1 aromatic heterocycles. The van der Waals surface area contributed by atoms with Gasteiger partial charge in [-0.1, -0.05) is 19.1 Å². The maximum atomic E-state index is 11.7. The monoisotopic (exact) mass is 276 g/mol. The Kier molecular flexibility index (Phi) is 4.22. The number of carbonyl (C=O) groups is 1. The van der Waals surface area contributed by atoms with Gasteiger partial charge in [0.25, 0.3) is 0 Å². The summed E-state index contributed by atoms with van der Waals surface area (Å²) in [6.45, 7) is 2.08. The first-order valence-corrected chi connectivity index (χ1v) is 6.85. The summed E-state index contributed by atoms with van der Waals surface area (Å²) in [7, 11) is 3.05. The number of benzene rings is 1.